The van der Waals surface area contributed by atoms with Crippen molar-refractivity contribution in [2.75, 3.05) is 7.05 Å². The molecule has 4 nitrogen and oxygen atoms in total. The van der Waals surface area contributed by atoms with Crippen LogP contribution in [0.2, 0.25) is 0 Å². The third kappa shape index (κ3) is 3.77. The molecule has 24 heavy (non-hydrogen) atoms. The minimum atomic E-state index is -3.60. The van der Waals surface area contributed by atoms with Crippen LogP contribution >= 0.6 is 0 Å². The number of halogens is 2. The molecule has 1 fully saturated rings. The van der Waals surface area contributed by atoms with Crippen LogP contribution in [0.1, 0.15) is 49.9 Å². The average Bonchev–Trinajstić information content (AvgIpc) is 2.53. The zero-order valence-electron chi connectivity index (χ0n) is 14.1. The molecule has 0 aliphatic heterocycles. The van der Waals surface area contributed by atoms with Crippen LogP contribution in [0.3, 0.4) is 0 Å². The van der Waals surface area contributed by atoms with E-state index in [-0.39, 0.29) is 42.2 Å². The van der Waals surface area contributed by atoms with Crippen LogP contribution in [0.4, 0.5) is 8.78 Å². The fourth-order valence-electron chi connectivity index (χ4n) is 2.91. The first kappa shape index (κ1) is 18.8. The number of alkyl halides is 2. The summed E-state index contributed by atoms with van der Waals surface area (Å²) >= 11 is 0. The highest BCUT2D eigenvalue weighted by atomic mass is 32.2. The van der Waals surface area contributed by atoms with E-state index >= 15 is 0 Å². The van der Waals surface area contributed by atoms with E-state index in [0.717, 1.165) is 0 Å². The second-order valence-corrected chi connectivity index (χ2v) is 9.07. The number of hydrogen-bond acceptors (Lipinski definition) is 3. The highest BCUT2D eigenvalue weighted by molar-refractivity contribution is 7.92. The van der Waals surface area contributed by atoms with Crippen molar-refractivity contribution in [2.24, 2.45) is 0 Å². The van der Waals surface area contributed by atoms with Gasteiger partial charge in [-0.15, -0.1) is 0 Å². The number of nitrogens with zero attached hydrogens (tertiary/aromatic N) is 1. The standard InChI is InChI=1S/C17H23F2NO3S/c1-12(2)24(22,23)15-7-5-4-6-14(15)16(21)20(3)13-8-10-17(18,19)11-9-13/h4-7,12-13H,8-11H2,1-3H3. The van der Waals surface area contributed by atoms with Crippen molar-refractivity contribution in [1.29, 1.82) is 0 Å². The van der Waals surface area contributed by atoms with Crippen molar-refractivity contribution in [1.82, 2.24) is 4.90 Å². The molecule has 0 atom stereocenters. The molecule has 1 amide bonds. The van der Waals surface area contributed by atoms with Gasteiger partial charge in [-0.25, -0.2) is 17.2 Å². The quantitative estimate of drug-likeness (QED) is 0.826. The minimum Gasteiger partial charge on any atom is -0.339 e. The summed E-state index contributed by atoms with van der Waals surface area (Å²) in [4.78, 5) is 14.2. The number of sulfone groups is 1. The summed E-state index contributed by atoms with van der Waals surface area (Å²) in [5, 5.41) is -0.648. The van der Waals surface area contributed by atoms with Crippen molar-refractivity contribution in [3.8, 4) is 0 Å². The maximum absolute atomic E-state index is 13.3. The zero-order valence-corrected chi connectivity index (χ0v) is 14.9. The fourth-order valence-corrected chi connectivity index (χ4v) is 4.15. The molecule has 1 saturated carbocycles. The Bertz CT molecular complexity index is 706. The Labute approximate surface area is 141 Å². The van der Waals surface area contributed by atoms with Gasteiger partial charge in [0.2, 0.25) is 5.92 Å². The number of benzene rings is 1. The smallest absolute Gasteiger partial charge is 0.255 e. The molecule has 0 radical (unpaired) electrons. The lowest BCUT2D eigenvalue weighted by molar-refractivity contribution is -0.0490. The first-order valence-corrected chi connectivity index (χ1v) is 9.59. The SMILES string of the molecule is CC(C)S(=O)(=O)c1ccccc1C(=O)N(C)C1CCC(F)(F)CC1. The molecule has 1 aliphatic carbocycles. The van der Waals surface area contributed by atoms with Crippen molar-refractivity contribution in [2.45, 2.75) is 61.6 Å². The van der Waals surface area contributed by atoms with Crippen molar-refractivity contribution in [3.63, 3.8) is 0 Å². The van der Waals surface area contributed by atoms with Crippen LogP contribution in [0.5, 0.6) is 0 Å². The Kier molecular flexibility index (Phi) is 5.32. The van der Waals surface area contributed by atoms with E-state index < -0.39 is 26.9 Å². The first-order chi connectivity index (χ1) is 11.1. The Morgan fingerprint density at radius 3 is 2.29 bits per heavy atom. The van der Waals surface area contributed by atoms with Crippen LogP contribution in [0, 0.1) is 0 Å². The molecular weight excluding hydrogens is 336 g/mol. The monoisotopic (exact) mass is 359 g/mol. The van der Waals surface area contributed by atoms with E-state index in [1.54, 1.807) is 33.0 Å². The maximum Gasteiger partial charge on any atom is 0.255 e. The molecule has 0 N–H and O–H groups in total. The number of amides is 1. The Morgan fingerprint density at radius 1 is 1.21 bits per heavy atom. The van der Waals surface area contributed by atoms with Crippen LogP contribution in [0.25, 0.3) is 0 Å². The Hall–Kier alpha value is -1.50. The fraction of sp³-hybridized carbons (Fsp3) is 0.588. The van der Waals surface area contributed by atoms with E-state index in [1.807, 2.05) is 0 Å². The van der Waals surface area contributed by atoms with Gasteiger partial charge in [0.25, 0.3) is 5.91 Å². The average molecular weight is 359 g/mol. The maximum atomic E-state index is 13.3. The molecule has 0 spiro atoms. The van der Waals surface area contributed by atoms with E-state index in [4.69, 9.17) is 0 Å². The zero-order chi connectivity index (χ0) is 18.1. The van der Waals surface area contributed by atoms with Crippen LogP contribution in [-0.2, 0) is 9.84 Å². The van der Waals surface area contributed by atoms with E-state index in [1.165, 1.54) is 17.0 Å². The predicted molar refractivity (Wildman–Crippen MR) is 88.1 cm³/mol. The van der Waals surface area contributed by atoms with Crippen molar-refractivity contribution >= 4 is 15.7 Å². The van der Waals surface area contributed by atoms with E-state index in [0.29, 0.717) is 0 Å². The summed E-state index contributed by atoms with van der Waals surface area (Å²) in [5.41, 5.74) is 0.103. The summed E-state index contributed by atoms with van der Waals surface area (Å²) in [5.74, 6) is -3.11. The van der Waals surface area contributed by atoms with Crippen molar-refractivity contribution < 1.29 is 22.0 Å². The van der Waals surface area contributed by atoms with Gasteiger partial charge in [-0.3, -0.25) is 4.79 Å². The van der Waals surface area contributed by atoms with Crippen molar-refractivity contribution in [3.05, 3.63) is 29.8 Å². The van der Waals surface area contributed by atoms with Crippen LogP contribution in [-0.4, -0.2) is 43.5 Å². The number of rotatable bonds is 4. The number of hydrogen-bond donors (Lipinski definition) is 0. The molecule has 0 aromatic heterocycles. The lowest BCUT2D eigenvalue weighted by Crippen LogP contribution is -2.42. The molecule has 0 unspecified atom stereocenters. The van der Waals surface area contributed by atoms with Gasteiger partial charge >= 0.3 is 0 Å². The molecule has 134 valence electrons. The molecule has 1 aromatic carbocycles. The highest BCUT2D eigenvalue weighted by Crippen LogP contribution is 2.35. The molecule has 1 aliphatic rings. The summed E-state index contributed by atoms with van der Waals surface area (Å²) in [7, 11) is -2.05. The van der Waals surface area contributed by atoms with E-state index in [9.17, 15) is 22.0 Å². The minimum absolute atomic E-state index is 0.00186. The largest absolute Gasteiger partial charge is 0.339 e. The number of carbonyl (C=O) groups is 1. The van der Waals surface area contributed by atoms with Crippen LogP contribution < -0.4 is 0 Å². The molecule has 7 heteroatoms. The summed E-state index contributed by atoms with van der Waals surface area (Å²) in [6, 6.07) is 5.78. The van der Waals surface area contributed by atoms with Gasteiger partial charge in [0, 0.05) is 25.9 Å². The highest BCUT2D eigenvalue weighted by Gasteiger charge is 2.38. The third-order valence-electron chi connectivity index (χ3n) is 4.60. The molecule has 0 saturated heterocycles. The normalized spacial score (nSPS) is 18.6. The summed E-state index contributed by atoms with van der Waals surface area (Å²) in [6.07, 6.45) is -0.0644. The molecule has 2 rings (SSSR count). The lowest BCUT2D eigenvalue weighted by Gasteiger charge is -2.34. The van der Waals surface area contributed by atoms with Gasteiger partial charge in [0.1, 0.15) is 0 Å². The van der Waals surface area contributed by atoms with Gasteiger partial charge in [-0.2, -0.15) is 0 Å². The molecule has 0 heterocycles. The predicted octanol–water partition coefficient (Wildman–Crippen LogP) is 3.52. The first-order valence-electron chi connectivity index (χ1n) is 8.04. The molecular formula is C17H23F2NO3S. The summed E-state index contributed by atoms with van der Waals surface area (Å²) < 4.78 is 51.5. The number of carbonyl (C=O) groups excluding carboxylic acids is 1. The topological polar surface area (TPSA) is 54.5 Å². The van der Waals surface area contributed by atoms with Crippen LogP contribution in [0.15, 0.2) is 29.2 Å². The Balaban J connectivity index is 2.28. The second kappa shape index (κ2) is 6.78. The third-order valence-corrected chi connectivity index (χ3v) is 6.81. The van der Waals surface area contributed by atoms with Gasteiger partial charge < -0.3 is 4.90 Å². The van der Waals surface area contributed by atoms with Gasteiger partial charge in [0.05, 0.1) is 15.7 Å². The van der Waals surface area contributed by atoms with Gasteiger partial charge in [0.15, 0.2) is 9.84 Å². The molecule has 0 bridgehead atoms. The molecule has 1 aromatic rings. The second-order valence-electron chi connectivity index (χ2n) is 6.59. The lowest BCUT2D eigenvalue weighted by atomic mass is 9.91. The Morgan fingerprint density at radius 2 is 1.75 bits per heavy atom. The van der Waals surface area contributed by atoms with Gasteiger partial charge in [-0.05, 0) is 38.8 Å². The van der Waals surface area contributed by atoms with Gasteiger partial charge in [-0.1, -0.05) is 12.1 Å². The summed E-state index contributed by atoms with van der Waals surface area (Å²) in [6.45, 7) is 3.12. The van der Waals surface area contributed by atoms with E-state index in [2.05, 4.69) is 0 Å².